The summed E-state index contributed by atoms with van der Waals surface area (Å²) in [4.78, 5) is 5.39. The Morgan fingerprint density at radius 2 is 1.43 bits per heavy atom. The van der Waals surface area contributed by atoms with Gasteiger partial charge in [0.2, 0.25) is 0 Å². The first-order chi connectivity index (χ1) is 13.6. The highest BCUT2D eigenvalue weighted by Crippen LogP contribution is 2.23. The highest BCUT2D eigenvalue weighted by atomic mass is 32.2. The topological polar surface area (TPSA) is 40.6 Å². The molecule has 2 heterocycles. The second kappa shape index (κ2) is 8.93. The Morgan fingerprint density at radius 3 is 2.14 bits per heavy atom. The molecule has 0 saturated carbocycles. The minimum Gasteiger partial charge on any atom is -0.302 e. The normalized spacial score (nSPS) is 21.0. The van der Waals surface area contributed by atoms with E-state index in [-0.39, 0.29) is 11.8 Å². The van der Waals surface area contributed by atoms with Crippen molar-refractivity contribution >= 4 is 20.6 Å². The van der Waals surface area contributed by atoms with Crippen LogP contribution in [0.3, 0.4) is 0 Å². The molecule has 1 atom stereocenters. The zero-order valence-electron chi connectivity index (χ0n) is 16.7. The standard InChI is InChI=1S/C23H32N2O2S/c26-28(27,23-12-11-20-9-3-4-10-21(20)17-23)19-22(25-15-7-2-8-16-25)18-24-13-5-1-6-14-24/h3-4,9-12,17,22H,1-2,5-8,13-16,18-19H2/t22-/m0/s1. The summed E-state index contributed by atoms with van der Waals surface area (Å²) in [7, 11) is -3.32. The fourth-order valence-electron chi connectivity index (χ4n) is 4.71. The van der Waals surface area contributed by atoms with Gasteiger partial charge in [0.15, 0.2) is 9.84 Å². The molecular formula is C23H32N2O2S. The maximum atomic E-state index is 13.3. The van der Waals surface area contributed by atoms with Gasteiger partial charge in [-0.3, -0.25) is 4.90 Å². The Hall–Kier alpha value is -1.43. The molecule has 0 spiro atoms. The molecule has 0 unspecified atom stereocenters. The summed E-state index contributed by atoms with van der Waals surface area (Å²) in [6.07, 6.45) is 7.43. The summed E-state index contributed by atoms with van der Waals surface area (Å²) in [6, 6.07) is 13.6. The van der Waals surface area contributed by atoms with Gasteiger partial charge in [-0.05, 0) is 74.8 Å². The second-order valence-corrected chi connectivity index (χ2v) is 10.4. The van der Waals surface area contributed by atoms with Crippen LogP contribution in [-0.4, -0.2) is 62.7 Å². The molecule has 5 heteroatoms. The van der Waals surface area contributed by atoms with E-state index in [0.29, 0.717) is 4.90 Å². The van der Waals surface area contributed by atoms with E-state index in [9.17, 15) is 8.42 Å². The van der Waals surface area contributed by atoms with Gasteiger partial charge in [0.1, 0.15) is 0 Å². The summed E-state index contributed by atoms with van der Waals surface area (Å²) in [5.74, 6) is 0.224. The lowest BCUT2D eigenvalue weighted by atomic mass is 10.1. The zero-order valence-corrected chi connectivity index (χ0v) is 17.5. The van der Waals surface area contributed by atoms with Crippen molar-refractivity contribution in [3.63, 3.8) is 0 Å². The number of benzene rings is 2. The van der Waals surface area contributed by atoms with Crippen molar-refractivity contribution in [3.05, 3.63) is 42.5 Å². The highest BCUT2D eigenvalue weighted by molar-refractivity contribution is 7.91. The van der Waals surface area contributed by atoms with Crippen molar-refractivity contribution in [2.45, 2.75) is 49.5 Å². The molecule has 2 aromatic rings. The van der Waals surface area contributed by atoms with E-state index in [2.05, 4.69) is 9.80 Å². The number of hydrogen-bond acceptors (Lipinski definition) is 4. The predicted molar refractivity (Wildman–Crippen MR) is 116 cm³/mol. The van der Waals surface area contributed by atoms with E-state index >= 15 is 0 Å². The average molecular weight is 401 g/mol. The molecule has 0 aliphatic carbocycles. The Labute approximate surface area is 169 Å². The molecule has 0 amide bonds. The fourth-order valence-corrected chi connectivity index (χ4v) is 6.30. The van der Waals surface area contributed by atoms with Crippen LogP contribution in [0.25, 0.3) is 10.8 Å². The van der Waals surface area contributed by atoms with Crippen molar-refractivity contribution in [1.82, 2.24) is 9.80 Å². The lowest BCUT2D eigenvalue weighted by Gasteiger charge is -2.38. The van der Waals surface area contributed by atoms with E-state index < -0.39 is 9.84 Å². The molecule has 2 aromatic carbocycles. The SMILES string of the molecule is O=S(=O)(C[C@H](CN1CCCCC1)N1CCCCC1)c1ccc2ccccc2c1. The van der Waals surface area contributed by atoms with Crippen molar-refractivity contribution < 1.29 is 8.42 Å². The van der Waals surface area contributed by atoms with Gasteiger partial charge in [-0.2, -0.15) is 0 Å². The van der Waals surface area contributed by atoms with Crippen molar-refractivity contribution in [1.29, 1.82) is 0 Å². The monoisotopic (exact) mass is 400 g/mol. The van der Waals surface area contributed by atoms with Gasteiger partial charge in [0.05, 0.1) is 10.6 Å². The first-order valence-electron chi connectivity index (χ1n) is 10.8. The lowest BCUT2D eigenvalue weighted by Crippen LogP contribution is -2.50. The molecule has 2 aliphatic heterocycles. The van der Waals surface area contributed by atoms with Crippen LogP contribution in [-0.2, 0) is 9.84 Å². The van der Waals surface area contributed by atoms with Crippen molar-refractivity contribution in [3.8, 4) is 0 Å². The van der Waals surface area contributed by atoms with Gasteiger partial charge in [0.25, 0.3) is 0 Å². The van der Waals surface area contributed by atoms with Crippen LogP contribution < -0.4 is 0 Å². The van der Waals surface area contributed by atoms with Crippen LogP contribution in [0.4, 0.5) is 0 Å². The molecular weight excluding hydrogens is 368 g/mol. The van der Waals surface area contributed by atoms with Crippen LogP contribution in [0.5, 0.6) is 0 Å². The first-order valence-corrected chi connectivity index (χ1v) is 12.4. The van der Waals surface area contributed by atoms with Crippen LogP contribution in [0.15, 0.2) is 47.4 Å². The number of sulfone groups is 1. The summed E-state index contributed by atoms with van der Waals surface area (Å²) in [5.41, 5.74) is 0. The zero-order chi connectivity index (χ0) is 19.4. The smallest absolute Gasteiger partial charge is 0.179 e. The number of nitrogens with zero attached hydrogens (tertiary/aromatic N) is 2. The molecule has 2 aliphatic rings. The highest BCUT2D eigenvalue weighted by Gasteiger charge is 2.29. The third kappa shape index (κ3) is 4.76. The Morgan fingerprint density at radius 1 is 0.786 bits per heavy atom. The van der Waals surface area contributed by atoms with Gasteiger partial charge in [-0.25, -0.2) is 8.42 Å². The second-order valence-electron chi connectivity index (χ2n) is 8.40. The number of rotatable bonds is 6. The van der Waals surface area contributed by atoms with Crippen LogP contribution >= 0.6 is 0 Å². The van der Waals surface area contributed by atoms with Gasteiger partial charge >= 0.3 is 0 Å². The Balaban J connectivity index is 1.55. The molecule has 2 saturated heterocycles. The average Bonchev–Trinajstić information content (AvgIpc) is 2.74. The maximum Gasteiger partial charge on any atom is 0.179 e. The number of fused-ring (bicyclic) bond motifs is 1. The number of likely N-dealkylation sites (tertiary alicyclic amines) is 2. The largest absolute Gasteiger partial charge is 0.302 e. The van der Waals surface area contributed by atoms with E-state index in [4.69, 9.17) is 0 Å². The molecule has 0 N–H and O–H groups in total. The number of piperidine rings is 2. The Kier molecular flexibility index (Phi) is 6.34. The van der Waals surface area contributed by atoms with Gasteiger partial charge < -0.3 is 4.90 Å². The van der Waals surface area contributed by atoms with Crippen LogP contribution in [0.2, 0.25) is 0 Å². The van der Waals surface area contributed by atoms with Crippen molar-refractivity contribution in [2.75, 3.05) is 38.5 Å². The van der Waals surface area contributed by atoms with E-state index in [1.807, 2.05) is 36.4 Å². The molecule has 2 fully saturated rings. The van der Waals surface area contributed by atoms with E-state index in [0.717, 1.165) is 43.5 Å². The van der Waals surface area contributed by atoms with Crippen molar-refractivity contribution in [2.24, 2.45) is 0 Å². The van der Waals surface area contributed by atoms with Crippen LogP contribution in [0.1, 0.15) is 38.5 Å². The van der Waals surface area contributed by atoms with Gasteiger partial charge in [-0.1, -0.05) is 43.2 Å². The molecule has 0 aromatic heterocycles. The molecule has 0 bridgehead atoms. The first kappa shape index (κ1) is 19.9. The quantitative estimate of drug-likeness (QED) is 0.736. The minimum absolute atomic E-state index is 0.0925. The van der Waals surface area contributed by atoms with E-state index in [1.165, 1.54) is 38.5 Å². The summed E-state index contributed by atoms with van der Waals surface area (Å²) < 4.78 is 26.7. The third-order valence-electron chi connectivity index (χ3n) is 6.32. The van der Waals surface area contributed by atoms with Gasteiger partial charge in [-0.15, -0.1) is 0 Å². The Bertz CT molecular complexity index is 884. The fraction of sp³-hybridized carbons (Fsp3) is 0.565. The molecule has 4 rings (SSSR count). The maximum absolute atomic E-state index is 13.3. The molecule has 28 heavy (non-hydrogen) atoms. The minimum atomic E-state index is -3.32. The summed E-state index contributed by atoms with van der Waals surface area (Å²) in [6.45, 7) is 5.17. The van der Waals surface area contributed by atoms with Crippen LogP contribution in [0, 0.1) is 0 Å². The summed E-state index contributed by atoms with van der Waals surface area (Å²) >= 11 is 0. The number of hydrogen-bond donors (Lipinski definition) is 0. The molecule has 152 valence electrons. The lowest BCUT2D eigenvalue weighted by molar-refractivity contribution is 0.119. The summed E-state index contributed by atoms with van der Waals surface area (Å²) in [5, 5.41) is 2.08. The molecule has 4 nitrogen and oxygen atoms in total. The van der Waals surface area contributed by atoms with Gasteiger partial charge in [0, 0.05) is 12.6 Å². The van der Waals surface area contributed by atoms with E-state index in [1.54, 1.807) is 6.07 Å². The molecule has 0 radical (unpaired) electrons. The third-order valence-corrected chi connectivity index (χ3v) is 8.11. The predicted octanol–water partition coefficient (Wildman–Crippen LogP) is 3.95.